The molecule has 11 nitrogen and oxygen atoms in total. The Hall–Kier alpha value is -4.68. The van der Waals surface area contributed by atoms with Crippen molar-refractivity contribution in [2.75, 3.05) is 16.8 Å². The van der Waals surface area contributed by atoms with Crippen molar-refractivity contribution in [3.05, 3.63) is 71.8 Å². The van der Waals surface area contributed by atoms with Gasteiger partial charge in [-0.05, 0) is 104 Å². The number of hydrogen-bond acceptors (Lipinski definition) is 8. The zero-order chi connectivity index (χ0) is 36.6. The van der Waals surface area contributed by atoms with Crippen LogP contribution in [-0.2, 0) is 13.0 Å². The second kappa shape index (κ2) is 12.2. The Morgan fingerprint density at radius 3 is 2.58 bits per heavy atom. The number of aromatic nitrogens is 5. The number of urea groups is 1. The quantitative estimate of drug-likeness (QED) is 0.159. The Kier molecular flexibility index (Phi) is 8.07. The molecule has 5 heterocycles. The summed E-state index contributed by atoms with van der Waals surface area (Å²) in [5.74, 6) is -1.13. The Bertz CT molecular complexity index is 2180. The van der Waals surface area contributed by atoms with E-state index in [-0.39, 0.29) is 28.0 Å². The minimum atomic E-state index is -1.13. The van der Waals surface area contributed by atoms with Gasteiger partial charge in [-0.1, -0.05) is 51.2 Å². The van der Waals surface area contributed by atoms with E-state index in [0.29, 0.717) is 41.5 Å². The van der Waals surface area contributed by atoms with E-state index in [1.54, 1.807) is 17.3 Å². The number of benzene rings is 1. The van der Waals surface area contributed by atoms with Gasteiger partial charge >= 0.3 is 12.0 Å². The van der Waals surface area contributed by atoms with Gasteiger partial charge in [0, 0.05) is 47.4 Å². The first-order chi connectivity index (χ1) is 24.6. The molecule has 8 rings (SSSR count). The van der Waals surface area contributed by atoms with Crippen molar-refractivity contribution in [1.29, 1.82) is 0 Å². The topological polar surface area (TPSA) is 146 Å². The summed E-state index contributed by atoms with van der Waals surface area (Å²) in [6, 6.07) is 13.0. The number of hydrogen-bond donors (Lipinski definition) is 3. The lowest BCUT2D eigenvalue weighted by Gasteiger charge is -2.59. The summed E-state index contributed by atoms with van der Waals surface area (Å²) in [4.78, 5) is 41.4. The van der Waals surface area contributed by atoms with Crippen molar-refractivity contribution in [3.8, 4) is 22.4 Å². The first kappa shape index (κ1) is 34.4. The molecule has 5 aromatic rings. The SMILES string of the molecule is Cc1c(-c2ccc(-c3ccc4c(c3)N(C(=O)Nc3nc5ncccc5s3)CCC4)nc2C(=O)O)cnn1CC1(C)CC2(C)CC(C)(C)CC(O)(C1)C2. The molecule has 0 spiro atoms. The predicted molar refractivity (Wildman–Crippen MR) is 203 cm³/mol. The second-order valence-electron chi connectivity index (χ2n) is 17.0. The van der Waals surface area contributed by atoms with E-state index in [9.17, 15) is 19.8 Å². The maximum absolute atomic E-state index is 13.5. The molecule has 2 saturated carbocycles. The molecular weight excluding hydrogens is 675 g/mol. The molecule has 4 aromatic heterocycles. The number of thiazole rings is 1. The minimum absolute atomic E-state index is 0.0508. The zero-order valence-corrected chi connectivity index (χ0v) is 31.2. The Morgan fingerprint density at radius 1 is 0.981 bits per heavy atom. The molecule has 2 amide bonds. The predicted octanol–water partition coefficient (Wildman–Crippen LogP) is 8.36. The van der Waals surface area contributed by atoms with Gasteiger partial charge in [-0.15, -0.1) is 0 Å². The molecule has 52 heavy (non-hydrogen) atoms. The van der Waals surface area contributed by atoms with E-state index in [2.05, 4.69) is 48.0 Å². The largest absolute Gasteiger partial charge is 0.476 e. The van der Waals surface area contributed by atoms with Crippen molar-refractivity contribution < 1.29 is 19.8 Å². The van der Waals surface area contributed by atoms with Gasteiger partial charge in [-0.25, -0.2) is 19.6 Å². The summed E-state index contributed by atoms with van der Waals surface area (Å²) >= 11 is 1.37. The van der Waals surface area contributed by atoms with Gasteiger partial charge in [0.05, 0.1) is 22.2 Å². The summed E-state index contributed by atoms with van der Waals surface area (Å²) in [5.41, 5.74) is 4.95. The summed E-state index contributed by atoms with van der Waals surface area (Å²) < 4.78 is 2.87. The van der Waals surface area contributed by atoms with Crippen molar-refractivity contribution in [2.24, 2.45) is 16.2 Å². The fourth-order valence-electron chi connectivity index (χ4n) is 10.4. The number of fused-ring (bicyclic) bond motifs is 4. The average Bonchev–Trinajstić information content (AvgIpc) is 3.63. The molecule has 0 radical (unpaired) electrons. The van der Waals surface area contributed by atoms with E-state index in [0.717, 1.165) is 71.3 Å². The van der Waals surface area contributed by atoms with Crippen LogP contribution in [0.25, 0.3) is 32.7 Å². The first-order valence-electron chi connectivity index (χ1n) is 18.0. The van der Waals surface area contributed by atoms with Crippen molar-refractivity contribution in [2.45, 2.75) is 91.7 Å². The Balaban J connectivity index is 1.06. The van der Waals surface area contributed by atoms with Crippen LogP contribution in [0, 0.1) is 23.2 Å². The minimum Gasteiger partial charge on any atom is -0.476 e. The second-order valence-corrected chi connectivity index (χ2v) is 18.0. The first-order valence-corrected chi connectivity index (χ1v) is 18.9. The summed E-state index contributed by atoms with van der Waals surface area (Å²) in [7, 11) is 0. The molecular formula is C40H45N7O4S. The van der Waals surface area contributed by atoms with Crippen molar-refractivity contribution >= 4 is 44.5 Å². The van der Waals surface area contributed by atoms with Crippen LogP contribution in [0.4, 0.5) is 15.6 Å². The maximum Gasteiger partial charge on any atom is 0.355 e. The molecule has 12 heteroatoms. The number of carbonyl (C=O) groups excluding carboxylic acids is 1. The lowest BCUT2D eigenvalue weighted by molar-refractivity contribution is -0.164. The van der Waals surface area contributed by atoms with Crippen LogP contribution >= 0.6 is 11.3 Å². The van der Waals surface area contributed by atoms with Crippen LogP contribution in [0.2, 0.25) is 0 Å². The highest BCUT2D eigenvalue weighted by molar-refractivity contribution is 7.22. The molecule has 2 fully saturated rings. The average molecular weight is 720 g/mol. The van der Waals surface area contributed by atoms with Crippen molar-refractivity contribution in [3.63, 3.8) is 0 Å². The molecule has 3 unspecified atom stereocenters. The maximum atomic E-state index is 13.5. The fourth-order valence-corrected chi connectivity index (χ4v) is 11.3. The third-order valence-corrected chi connectivity index (χ3v) is 12.1. The van der Waals surface area contributed by atoms with Crippen LogP contribution in [0.15, 0.2) is 54.9 Å². The Labute approximate surface area is 307 Å². The van der Waals surface area contributed by atoms with E-state index < -0.39 is 11.6 Å². The van der Waals surface area contributed by atoms with Crippen LogP contribution in [0.5, 0.6) is 0 Å². The summed E-state index contributed by atoms with van der Waals surface area (Å²) in [6.07, 6.45) is 9.49. The van der Waals surface area contributed by atoms with Crippen LogP contribution in [-0.4, -0.2) is 59.1 Å². The standard InChI is InChI=1S/C40H45N7O4S/c1-24-28(17-42-47(24)23-39(5)20-38(4)18-37(2,3)19-40(51,21-38)22-39)27-12-13-29(43-32(27)34(48)49)26-11-10-25-8-7-15-46(30(25)16-26)36(50)45-35-44-33-31(52-35)9-6-14-41-33/h6,9-14,16-17,51H,7-8,15,18-23H2,1-5H3,(H,48,49)(H,41,44,45,50). The van der Waals surface area contributed by atoms with E-state index in [1.165, 1.54) is 11.3 Å². The fraction of sp³-hybridized carbons (Fsp3) is 0.450. The van der Waals surface area contributed by atoms with Crippen LogP contribution in [0.1, 0.15) is 88.0 Å². The molecule has 1 aromatic carbocycles. The van der Waals surface area contributed by atoms with Gasteiger partial charge in [0.2, 0.25) is 0 Å². The lowest BCUT2D eigenvalue weighted by atomic mass is 9.48. The molecule has 3 N–H and O–H groups in total. The molecule has 270 valence electrons. The number of nitrogens with one attached hydrogen (secondary N) is 1. The number of aromatic carboxylic acids is 1. The van der Waals surface area contributed by atoms with Crippen molar-refractivity contribution in [1.82, 2.24) is 24.7 Å². The highest BCUT2D eigenvalue weighted by atomic mass is 32.1. The number of carboxylic acids is 1. The zero-order valence-electron chi connectivity index (χ0n) is 30.4. The monoisotopic (exact) mass is 719 g/mol. The number of rotatable bonds is 6. The van der Waals surface area contributed by atoms with E-state index in [1.807, 2.05) is 54.1 Å². The molecule has 3 atom stereocenters. The number of amides is 2. The number of carboxylic acid groups (broad SMARTS) is 1. The third-order valence-electron chi connectivity index (χ3n) is 11.2. The van der Waals surface area contributed by atoms with Gasteiger partial charge in [0.1, 0.15) is 0 Å². The molecule has 3 aliphatic rings. The third kappa shape index (κ3) is 6.36. The van der Waals surface area contributed by atoms with Crippen LogP contribution in [0.3, 0.4) is 0 Å². The van der Waals surface area contributed by atoms with Gasteiger partial charge in [-0.2, -0.15) is 10.1 Å². The highest BCUT2D eigenvalue weighted by Crippen LogP contribution is 2.62. The normalized spacial score (nSPS) is 25.2. The highest BCUT2D eigenvalue weighted by Gasteiger charge is 2.56. The van der Waals surface area contributed by atoms with E-state index >= 15 is 0 Å². The summed E-state index contributed by atoms with van der Waals surface area (Å²) in [5, 5.41) is 30.3. The van der Waals surface area contributed by atoms with Gasteiger partial charge in [-0.3, -0.25) is 14.9 Å². The molecule has 0 saturated heterocycles. The number of carbonyl (C=O) groups is 2. The number of anilines is 2. The lowest BCUT2D eigenvalue weighted by Crippen LogP contribution is -2.56. The van der Waals surface area contributed by atoms with Gasteiger partial charge < -0.3 is 10.2 Å². The number of nitrogens with zero attached hydrogens (tertiary/aromatic N) is 6. The van der Waals surface area contributed by atoms with Crippen LogP contribution < -0.4 is 10.2 Å². The number of pyridine rings is 2. The molecule has 1 aliphatic heterocycles. The smallest absolute Gasteiger partial charge is 0.355 e. The molecule has 2 aliphatic carbocycles. The van der Waals surface area contributed by atoms with Gasteiger partial charge in [0.25, 0.3) is 0 Å². The Morgan fingerprint density at radius 2 is 1.81 bits per heavy atom. The number of aryl methyl sites for hydroxylation is 1. The molecule has 2 bridgehead atoms. The van der Waals surface area contributed by atoms with Gasteiger partial charge in [0.15, 0.2) is 16.5 Å². The summed E-state index contributed by atoms with van der Waals surface area (Å²) in [6.45, 7) is 12.3. The van der Waals surface area contributed by atoms with E-state index in [4.69, 9.17) is 5.10 Å². The number of aliphatic hydroxyl groups is 1.